The summed E-state index contributed by atoms with van der Waals surface area (Å²) in [6.45, 7) is 6.48. The van der Waals surface area contributed by atoms with Crippen molar-refractivity contribution in [3.63, 3.8) is 0 Å². The van der Waals surface area contributed by atoms with Gasteiger partial charge in [-0.05, 0) is 43.6 Å². The van der Waals surface area contributed by atoms with Crippen LogP contribution in [0.25, 0.3) is 10.8 Å². The molecule has 0 saturated carbocycles. The standard InChI is InChI=1S/C20H24N4O2/c1-23-8-10-24(11-9-23)7-3-6-21-15-12-14-4-2-5-16-18(14)17(13-15)20(26)22-19(16)25/h2,4-5,12-13,21H,3,6-11H2,1H3,(H,22,25,26). The highest BCUT2D eigenvalue weighted by Crippen LogP contribution is 2.29. The van der Waals surface area contributed by atoms with Gasteiger partial charge in [-0.25, -0.2) is 0 Å². The van der Waals surface area contributed by atoms with E-state index in [9.17, 15) is 9.59 Å². The molecule has 136 valence electrons. The molecule has 2 aliphatic rings. The minimum atomic E-state index is -0.320. The maximum absolute atomic E-state index is 12.2. The molecule has 0 aromatic heterocycles. The summed E-state index contributed by atoms with van der Waals surface area (Å²) in [5, 5.41) is 7.53. The Morgan fingerprint density at radius 2 is 1.81 bits per heavy atom. The quantitative estimate of drug-likeness (QED) is 0.634. The van der Waals surface area contributed by atoms with Gasteiger partial charge in [-0.3, -0.25) is 14.9 Å². The van der Waals surface area contributed by atoms with Crippen LogP contribution in [0, 0.1) is 0 Å². The summed E-state index contributed by atoms with van der Waals surface area (Å²) >= 11 is 0. The first kappa shape index (κ1) is 17.0. The number of imide groups is 1. The summed E-state index contributed by atoms with van der Waals surface area (Å²) in [4.78, 5) is 29.1. The summed E-state index contributed by atoms with van der Waals surface area (Å²) in [5.74, 6) is -0.638. The third kappa shape index (κ3) is 3.30. The van der Waals surface area contributed by atoms with Crippen molar-refractivity contribution in [2.45, 2.75) is 6.42 Å². The Morgan fingerprint density at radius 1 is 1.04 bits per heavy atom. The van der Waals surface area contributed by atoms with Crippen molar-refractivity contribution in [3.8, 4) is 0 Å². The van der Waals surface area contributed by atoms with Gasteiger partial charge >= 0.3 is 0 Å². The molecule has 6 nitrogen and oxygen atoms in total. The Kier molecular flexibility index (Phi) is 4.61. The van der Waals surface area contributed by atoms with Crippen molar-refractivity contribution < 1.29 is 9.59 Å². The molecule has 26 heavy (non-hydrogen) atoms. The lowest BCUT2D eigenvalue weighted by Crippen LogP contribution is -2.44. The Balaban J connectivity index is 1.43. The Bertz CT molecular complexity index is 856. The van der Waals surface area contributed by atoms with Crippen LogP contribution in [-0.2, 0) is 0 Å². The molecule has 1 saturated heterocycles. The van der Waals surface area contributed by atoms with Crippen molar-refractivity contribution in [3.05, 3.63) is 41.5 Å². The molecule has 2 aromatic rings. The number of likely N-dealkylation sites (N-methyl/N-ethyl adjacent to an activating group) is 1. The van der Waals surface area contributed by atoms with Gasteiger partial charge in [-0.2, -0.15) is 0 Å². The van der Waals surface area contributed by atoms with E-state index in [1.54, 1.807) is 6.07 Å². The first-order chi connectivity index (χ1) is 12.6. The van der Waals surface area contributed by atoms with Crippen molar-refractivity contribution >= 4 is 28.3 Å². The third-order valence-electron chi connectivity index (χ3n) is 5.27. The van der Waals surface area contributed by atoms with E-state index in [0.29, 0.717) is 11.1 Å². The molecular weight excluding hydrogens is 328 g/mol. The van der Waals surface area contributed by atoms with E-state index in [-0.39, 0.29) is 11.8 Å². The average Bonchev–Trinajstić information content (AvgIpc) is 2.64. The van der Waals surface area contributed by atoms with Gasteiger partial charge in [0.05, 0.1) is 5.56 Å². The molecule has 4 rings (SSSR count). The second kappa shape index (κ2) is 7.05. The third-order valence-corrected chi connectivity index (χ3v) is 5.27. The maximum Gasteiger partial charge on any atom is 0.258 e. The second-order valence-electron chi connectivity index (χ2n) is 7.14. The number of piperazine rings is 1. The van der Waals surface area contributed by atoms with Gasteiger partial charge < -0.3 is 15.1 Å². The zero-order valence-corrected chi connectivity index (χ0v) is 15.0. The zero-order valence-electron chi connectivity index (χ0n) is 15.0. The molecule has 2 aliphatic heterocycles. The molecule has 0 bridgehead atoms. The molecular formula is C20H24N4O2. The van der Waals surface area contributed by atoms with Crippen molar-refractivity contribution in [2.75, 3.05) is 51.6 Å². The molecule has 2 amide bonds. The molecule has 0 spiro atoms. The van der Waals surface area contributed by atoms with E-state index in [4.69, 9.17) is 0 Å². The average molecular weight is 352 g/mol. The van der Waals surface area contributed by atoms with Crippen LogP contribution >= 0.6 is 0 Å². The molecule has 6 heteroatoms. The summed E-state index contributed by atoms with van der Waals surface area (Å²) in [5.41, 5.74) is 2.06. The number of hydrogen-bond acceptors (Lipinski definition) is 5. The fraction of sp³-hybridized carbons (Fsp3) is 0.400. The van der Waals surface area contributed by atoms with Crippen molar-refractivity contribution in [1.29, 1.82) is 0 Å². The van der Waals surface area contributed by atoms with Gasteiger partial charge in [0, 0.05) is 49.4 Å². The van der Waals surface area contributed by atoms with Gasteiger partial charge in [-0.15, -0.1) is 0 Å². The topological polar surface area (TPSA) is 64.7 Å². The summed E-state index contributed by atoms with van der Waals surface area (Å²) in [6, 6.07) is 9.43. The second-order valence-corrected chi connectivity index (χ2v) is 7.14. The molecule has 0 atom stereocenters. The number of nitrogens with zero attached hydrogens (tertiary/aromatic N) is 2. The molecule has 2 aromatic carbocycles. The molecule has 2 N–H and O–H groups in total. The Labute approximate surface area is 153 Å². The SMILES string of the molecule is CN1CCN(CCCNc2cc3c4c(cccc4c2)C(=O)NC3=O)CC1. The number of hydrogen-bond donors (Lipinski definition) is 2. The monoisotopic (exact) mass is 352 g/mol. The van der Waals surface area contributed by atoms with E-state index in [1.165, 1.54) is 0 Å². The smallest absolute Gasteiger partial charge is 0.258 e. The van der Waals surface area contributed by atoms with Crippen molar-refractivity contribution in [2.24, 2.45) is 0 Å². The van der Waals surface area contributed by atoms with Crippen LogP contribution < -0.4 is 10.6 Å². The lowest BCUT2D eigenvalue weighted by atomic mass is 9.94. The highest BCUT2D eigenvalue weighted by molar-refractivity contribution is 6.26. The van der Waals surface area contributed by atoms with E-state index >= 15 is 0 Å². The summed E-state index contributed by atoms with van der Waals surface area (Å²) in [7, 11) is 2.17. The highest BCUT2D eigenvalue weighted by Gasteiger charge is 2.25. The Hall–Kier alpha value is -2.44. The van der Waals surface area contributed by atoms with E-state index in [1.807, 2.05) is 24.3 Å². The van der Waals surface area contributed by atoms with Gasteiger partial charge in [0.25, 0.3) is 11.8 Å². The maximum atomic E-state index is 12.2. The summed E-state index contributed by atoms with van der Waals surface area (Å²) < 4.78 is 0. The van der Waals surface area contributed by atoms with Crippen LogP contribution in [0.3, 0.4) is 0 Å². The number of carbonyl (C=O) groups excluding carboxylic acids is 2. The summed E-state index contributed by atoms with van der Waals surface area (Å²) in [6.07, 6.45) is 1.06. The molecule has 1 fully saturated rings. The van der Waals surface area contributed by atoms with Crippen LogP contribution in [0.2, 0.25) is 0 Å². The van der Waals surface area contributed by atoms with Crippen LogP contribution in [-0.4, -0.2) is 67.9 Å². The number of nitrogens with one attached hydrogen (secondary N) is 2. The van der Waals surface area contributed by atoms with Gasteiger partial charge in [0.1, 0.15) is 0 Å². The van der Waals surface area contributed by atoms with Gasteiger partial charge in [-0.1, -0.05) is 12.1 Å². The Morgan fingerprint density at radius 3 is 2.62 bits per heavy atom. The molecule has 2 heterocycles. The number of carbonyl (C=O) groups is 2. The zero-order chi connectivity index (χ0) is 18.1. The molecule has 0 unspecified atom stereocenters. The molecule has 0 aliphatic carbocycles. The minimum Gasteiger partial charge on any atom is -0.385 e. The van der Waals surface area contributed by atoms with Crippen LogP contribution in [0.15, 0.2) is 30.3 Å². The largest absolute Gasteiger partial charge is 0.385 e. The van der Waals surface area contributed by atoms with E-state index in [0.717, 1.165) is 62.1 Å². The first-order valence-corrected chi connectivity index (χ1v) is 9.19. The number of amides is 2. The predicted molar refractivity (Wildman–Crippen MR) is 103 cm³/mol. The normalized spacial score (nSPS) is 18.2. The lowest BCUT2D eigenvalue weighted by molar-refractivity contribution is 0.0845. The number of benzene rings is 2. The van der Waals surface area contributed by atoms with E-state index < -0.39 is 0 Å². The fourth-order valence-corrected chi connectivity index (χ4v) is 3.74. The highest BCUT2D eigenvalue weighted by atomic mass is 16.2. The van der Waals surface area contributed by atoms with Crippen LogP contribution in [0.4, 0.5) is 5.69 Å². The number of anilines is 1. The number of rotatable bonds is 5. The van der Waals surface area contributed by atoms with Crippen LogP contribution in [0.5, 0.6) is 0 Å². The van der Waals surface area contributed by atoms with Gasteiger partial charge in [0.15, 0.2) is 0 Å². The minimum absolute atomic E-state index is 0.319. The predicted octanol–water partition coefficient (Wildman–Crippen LogP) is 1.77. The first-order valence-electron chi connectivity index (χ1n) is 9.19. The molecule has 0 radical (unpaired) electrons. The van der Waals surface area contributed by atoms with Crippen molar-refractivity contribution in [1.82, 2.24) is 15.1 Å². The fourth-order valence-electron chi connectivity index (χ4n) is 3.74. The van der Waals surface area contributed by atoms with Gasteiger partial charge in [0.2, 0.25) is 0 Å². The lowest BCUT2D eigenvalue weighted by Gasteiger charge is -2.32. The van der Waals surface area contributed by atoms with Crippen LogP contribution in [0.1, 0.15) is 27.1 Å². The van der Waals surface area contributed by atoms with E-state index in [2.05, 4.69) is 27.5 Å².